The van der Waals surface area contributed by atoms with E-state index >= 15 is 0 Å². The summed E-state index contributed by atoms with van der Waals surface area (Å²) in [7, 11) is -0.298. The molecule has 1 aromatic carbocycles. The van der Waals surface area contributed by atoms with Gasteiger partial charge in [0, 0.05) is 26.0 Å². The Kier molecular flexibility index (Phi) is 5.83. The average molecular weight is 393 g/mol. The van der Waals surface area contributed by atoms with Crippen LogP contribution in [-0.4, -0.2) is 33.8 Å². The van der Waals surface area contributed by atoms with E-state index in [9.17, 15) is 4.79 Å². The highest BCUT2D eigenvalue weighted by molar-refractivity contribution is 6.74. The summed E-state index contributed by atoms with van der Waals surface area (Å²) in [5, 5.41) is 0.157. The molecule has 2 rings (SSSR count). The fourth-order valence-corrected chi connectivity index (χ4v) is 3.68. The fraction of sp³-hybridized carbons (Fsp3) is 0.571. The lowest BCUT2D eigenvalue weighted by Crippen LogP contribution is -2.41. The first-order valence-corrected chi connectivity index (χ1v) is 12.2. The summed E-state index contributed by atoms with van der Waals surface area (Å²) in [5.74, 6) is -0.596. The van der Waals surface area contributed by atoms with Crippen LogP contribution in [0.5, 0.6) is 11.5 Å². The van der Waals surface area contributed by atoms with Crippen molar-refractivity contribution < 1.29 is 23.4 Å². The molecule has 0 N–H and O–H groups in total. The largest absolute Gasteiger partial charge is 0.496 e. The van der Waals surface area contributed by atoms with Crippen molar-refractivity contribution in [2.75, 3.05) is 13.7 Å². The van der Waals surface area contributed by atoms with Gasteiger partial charge < -0.3 is 18.6 Å². The smallest absolute Gasteiger partial charge is 0.349 e. The molecule has 0 bridgehead atoms. The third kappa shape index (κ3) is 4.55. The first-order chi connectivity index (χ1) is 12.3. The van der Waals surface area contributed by atoms with E-state index < -0.39 is 20.1 Å². The topological polar surface area (TPSA) is 54.0 Å². The molecule has 0 amide bonds. The molecule has 6 heteroatoms. The Bertz CT molecular complexity index is 744. The minimum absolute atomic E-state index is 0.157. The molecule has 0 saturated heterocycles. The number of esters is 1. The Morgan fingerprint density at radius 1 is 1.22 bits per heavy atom. The van der Waals surface area contributed by atoms with Gasteiger partial charge in [-0.2, -0.15) is 0 Å². The van der Waals surface area contributed by atoms with Crippen molar-refractivity contribution in [1.82, 2.24) is 0 Å². The zero-order chi connectivity index (χ0) is 20.6. The molecule has 0 spiro atoms. The van der Waals surface area contributed by atoms with E-state index in [4.69, 9.17) is 18.6 Å². The summed E-state index contributed by atoms with van der Waals surface area (Å²) in [6.45, 7) is 19.3. The van der Waals surface area contributed by atoms with Gasteiger partial charge in [-0.3, -0.25) is 0 Å². The SMILES string of the molecule is C=C(CCO[Si](C)(C)C(C)(C)C)c1ccc(OC)c2c1OC(C)(C)OC2=O. The summed E-state index contributed by atoms with van der Waals surface area (Å²) in [5.41, 5.74) is 1.95. The van der Waals surface area contributed by atoms with Crippen LogP contribution in [0.4, 0.5) is 0 Å². The number of carbonyl (C=O) groups is 1. The Hall–Kier alpha value is -1.79. The second kappa shape index (κ2) is 7.32. The number of cyclic esters (lactones) is 1. The number of methoxy groups -OCH3 is 1. The summed E-state index contributed by atoms with van der Waals surface area (Å²) in [6, 6.07) is 3.62. The van der Waals surface area contributed by atoms with E-state index in [2.05, 4.69) is 40.4 Å². The molecule has 0 atom stereocenters. The number of carbonyl (C=O) groups excluding carboxylic acids is 1. The Morgan fingerprint density at radius 3 is 2.41 bits per heavy atom. The van der Waals surface area contributed by atoms with Crippen molar-refractivity contribution in [2.24, 2.45) is 0 Å². The van der Waals surface area contributed by atoms with Crippen LogP contribution in [0.25, 0.3) is 5.57 Å². The van der Waals surface area contributed by atoms with E-state index in [1.807, 2.05) is 6.07 Å². The maximum absolute atomic E-state index is 12.5. The molecule has 1 aliphatic heterocycles. The molecule has 0 fully saturated rings. The van der Waals surface area contributed by atoms with Crippen LogP contribution in [0, 0.1) is 0 Å². The van der Waals surface area contributed by atoms with Gasteiger partial charge in [0.15, 0.2) is 8.32 Å². The second-order valence-corrected chi connectivity index (χ2v) is 13.7. The third-order valence-corrected chi connectivity index (χ3v) is 9.82. The van der Waals surface area contributed by atoms with Crippen LogP contribution in [-0.2, 0) is 9.16 Å². The lowest BCUT2D eigenvalue weighted by atomic mass is 9.98. The van der Waals surface area contributed by atoms with Crippen LogP contribution < -0.4 is 9.47 Å². The molecule has 0 radical (unpaired) electrons. The molecule has 0 aliphatic carbocycles. The molecule has 0 unspecified atom stereocenters. The molecule has 27 heavy (non-hydrogen) atoms. The van der Waals surface area contributed by atoms with Crippen molar-refractivity contribution in [3.05, 3.63) is 29.8 Å². The summed E-state index contributed by atoms with van der Waals surface area (Å²) >= 11 is 0. The van der Waals surface area contributed by atoms with Gasteiger partial charge in [-0.1, -0.05) is 27.4 Å². The van der Waals surface area contributed by atoms with Gasteiger partial charge in [0.25, 0.3) is 0 Å². The number of hydrogen-bond acceptors (Lipinski definition) is 5. The van der Waals surface area contributed by atoms with Crippen LogP contribution in [0.15, 0.2) is 18.7 Å². The molecule has 5 nitrogen and oxygen atoms in total. The van der Waals surface area contributed by atoms with Gasteiger partial charge in [-0.25, -0.2) is 4.79 Å². The highest BCUT2D eigenvalue weighted by Gasteiger charge is 2.39. The van der Waals surface area contributed by atoms with Crippen molar-refractivity contribution in [1.29, 1.82) is 0 Å². The van der Waals surface area contributed by atoms with Crippen molar-refractivity contribution >= 4 is 19.9 Å². The van der Waals surface area contributed by atoms with Gasteiger partial charge in [-0.15, -0.1) is 0 Å². The number of hydrogen-bond donors (Lipinski definition) is 0. The van der Waals surface area contributed by atoms with Crippen molar-refractivity contribution in [3.8, 4) is 11.5 Å². The number of rotatable bonds is 6. The fourth-order valence-electron chi connectivity index (χ4n) is 2.63. The Morgan fingerprint density at radius 2 is 1.85 bits per heavy atom. The number of fused-ring (bicyclic) bond motifs is 1. The molecule has 0 saturated carbocycles. The molecule has 1 heterocycles. The molecular formula is C21H32O5Si. The lowest BCUT2D eigenvalue weighted by Gasteiger charge is -2.36. The first kappa shape index (κ1) is 21.5. The highest BCUT2D eigenvalue weighted by atomic mass is 28.4. The quantitative estimate of drug-likeness (QED) is 0.479. The van der Waals surface area contributed by atoms with Crippen LogP contribution in [0.2, 0.25) is 18.1 Å². The lowest BCUT2D eigenvalue weighted by molar-refractivity contribution is -0.127. The Labute approximate surface area is 163 Å². The van der Waals surface area contributed by atoms with E-state index in [1.54, 1.807) is 19.9 Å². The summed E-state index contributed by atoms with van der Waals surface area (Å²) in [6.07, 6.45) is 0.657. The second-order valence-electron chi connectivity index (χ2n) is 8.87. The van der Waals surface area contributed by atoms with Crippen LogP contribution in [0.3, 0.4) is 0 Å². The minimum atomic E-state index is -1.82. The van der Waals surface area contributed by atoms with Gasteiger partial charge in [-0.05, 0) is 42.3 Å². The summed E-state index contributed by atoms with van der Waals surface area (Å²) < 4.78 is 22.9. The molecule has 1 aliphatic rings. The van der Waals surface area contributed by atoms with E-state index in [-0.39, 0.29) is 5.04 Å². The maximum atomic E-state index is 12.5. The number of benzene rings is 1. The number of ether oxygens (including phenoxy) is 3. The highest BCUT2D eigenvalue weighted by Crippen LogP contribution is 2.43. The maximum Gasteiger partial charge on any atom is 0.349 e. The minimum Gasteiger partial charge on any atom is -0.496 e. The van der Waals surface area contributed by atoms with E-state index in [0.717, 1.165) is 11.1 Å². The van der Waals surface area contributed by atoms with E-state index in [0.29, 0.717) is 30.1 Å². The van der Waals surface area contributed by atoms with Crippen LogP contribution in [0.1, 0.15) is 57.0 Å². The standard InChI is InChI=1S/C21H32O5Si/c1-14(12-13-24-27(8,9)20(2,3)4)15-10-11-16(23-7)17-18(15)25-21(5,6)26-19(17)22/h10-11H,1,12-13H2,2-9H3. The van der Waals surface area contributed by atoms with Gasteiger partial charge >= 0.3 is 5.97 Å². The van der Waals surface area contributed by atoms with Gasteiger partial charge in [0.1, 0.15) is 17.1 Å². The Balaban J connectivity index is 2.25. The molecule has 1 aromatic rings. The van der Waals surface area contributed by atoms with E-state index in [1.165, 1.54) is 7.11 Å². The molecular weight excluding hydrogens is 360 g/mol. The molecule has 150 valence electrons. The van der Waals surface area contributed by atoms with Crippen LogP contribution >= 0.6 is 0 Å². The molecule has 0 aromatic heterocycles. The zero-order valence-corrected chi connectivity index (χ0v) is 18.8. The summed E-state index contributed by atoms with van der Waals surface area (Å²) in [4.78, 5) is 12.5. The monoisotopic (exact) mass is 392 g/mol. The third-order valence-electron chi connectivity index (χ3n) is 5.28. The van der Waals surface area contributed by atoms with Gasteiger partial charge in [0.05, 0.1) is 7.11 Å². The van der Waals surface area contributed by atoms with Crippen molar-refractivity contribution in [3.63, 3.8) is 0 Å². The van der Waals surface area contributed by atoms with Crippen molar-refractivity contribution in [2.45, 2.75) is 65.0 Å². The zero-order valence-electron chi connectivity index (χ0n) is 17.8. The van der Waals surface area contributed by atoms with Gasteiger partial charge in [0.2, 0.25) is 5.79 Å². The predicted molar refractivity (Wildman–Crippen MR) is 110 cm³/mol. The normalized spacial score (nSPS) is 16.2. The average Bonchev–Trinajstić information content (AvgIpc) is 2.51. The predicted octanol–water partition coefficient (Wildman–Crippen LogP) is 5.41. The first-order valence-electron chi connectivity index (χ1n) is 9.24.